The second-order valence-corrected chi connectivity index (χ2v) is 7.73. The molecule has 0 unspecified atom stereocenters. The minimum atomic E-state index is -3.89. The lowest BCUT2D eigenvalue weighted by atomic mass is 10.1. The Hall–Kier alpha value is -2.12. The van der Waals surface area contributed by atoms with Crippen molar-refractivity contribution in [2.45, 2.75) is 19.4 Å². The van der Waals surface area contributed by atoms with Crippen LogP contribution in [0.2, 0.25) is 5.02 Å². The molecule has 2 aromatic rings. The summed E-state index contributed by atoms with van der Waals surface area (Å²) in [5.41, 5.74) is 0.260. The van der Waals surface area contributed by atoms with E-state index in [1.807, 2.05) is 0 Å². The number of carbonyl (C=O) groups excluding carboxylic acids is 1. The Morgan fingerprint density at radius 2 is 1.92 bits per heavy atom. The first-order valence-corrected chi connectivity index (χ1v) is 9.77. The van der Waals surface area contributed by atoms with Gasteiger partial charge in [0.05, 0.1) is 11.9 Å². The summed E-state index contributed by atoms with van der Waals surface area (Å²) in [5, 5.41) is 3.05. The lowest BCUT2D eigenvalue weighted by Gasteiger charge is -2.30. The number of amides is 1. The number of rotatable bonds is 6. The molecule has 0 aliphatic heterocycles. The molecule has 134 valence electrons. The maximum Gasteiger partial charge on any atom is 0.248 e. The molecular formula is C17H18ClFN2O3S. The molecule has 0 spiro atoms. The van der Waals surface area contributed by atoms with E-state index in [1.165, 1.54) is 18.2 Å². The summed E-state index contributed by atoms with van der Waals surface area (Å²) in [7, 11) is -3.89. The first kappa shape index (κ1) is 19.2. The molecule has 1 N–H and O–H groups in total. The van der Waals surface area contributed by atoms with Crippen LogP contribution < -0.4 is 9.62 Å². The molecule has 0 radical (unpaired) electrons. The number of halogens is 2. The van der Waals surface area contributed by atoms with Crippen LogP contribution in [0.15, 0.2) is 48.5 Å². The molecule has 2 rings (SSSR count). The molecule has 2 aromatic carbocycles. The van der Waals surface area contributed by atoms with Crippen molar-refractivity contribution in [1.82, 2.24) is 0 Å². The van der Waals surface area contributed by atoms with E-state index in [0.29, 0.717) is 10.7 Å². The van der Waals surface area contributed by atoms with Crippen molar-refractivity contribution in [1.29, 1.82) is 0 Å². The molecule has 8 heteroatoms. The highest BCUT2D eigenvalue weighted by atomic mass is 35.5. The van der Waals surface area contributed by atoms with Gasteiger partial charge in [0.25, 0.3) is 0 Å². The zero-order valence-corrected chi connectivity index (χ0v) is 15.3. The number of benzene rings is 2. The minimum absolute atomic E-state index is 0.161. The van der Waals surface area contributed by atoms with Gasteiger partial charge in [-0.05, 0) is 36.8 Å². The molecule has 0 saturated heterocycles. The average Bonchev–Trinajstić information content (AvgIpc) is 2.52. The third kappa shape index (κ3) is 4.70. The second-order valence-electron chi connectivity index (χ2n) is 5.43. The number of hydrogen-bond acceptors (Lipinski definition) is 3. The lowest BCUT2D eigenvalue weighted by Crippen LogP contribution is -2.47. The summed E-state index contributed by atoms with van der Waals surface area (Å²) in [5.74, 6) is -1.29. The zero-order valence-electron chi connectivity index (χ0n) is 13.7. The summed E-state index contributed by atoms with van der Waals surface area (Å²) in [6.45, 7) is 1.65. The summed E-state index contributed by atoms with van der Waals surface area (Å²) in [6, 6.07) is 10.8. The first-order chi connectivity index (χ1) is 11.7. The van der Waals surface area contributed by atoms with Crippen molar-refractivity contribution in [3.63, 3.8) is 0 Å². The average molecular weight is 385 g/mol. The number of nitrogens with one attached hydrogen (secondary N) is 1. The molecule has 0 fully saturated rings. The Morgan fingerprint density at radius 1 is 1.24 bits per heavy atom. The number of nitrogens with zero attached hydrogens (tertiary/aromatic N) is 1. The van der Waals surface area contributed by atoms with E-state index in [1.54, 1.807) is 31.2 Å². The Balaban J connectivity index is 2.40. The van der Waals surface area contributed by atoms with Crippen molar-refractivity contribution in [2.75, 3.05) is 15.9 Å². The quantitative estimate of drug-likeness (QED) is 0.826. The SMILES string of the molecule is CC[C@@H](C(=O)Nc1cccc(Cl)c1)N(c1ccccc1F)S(C)(=O)=O. The molecule has 0 bridgehead atoms. The van der Waals surface area contributed by atoms with Crippen molar-refractivity contribution in [3.05, 3.63) is 59.4 Å². The van der Waals surface area contributed by atoms with Crippen LogP contribution in [0.4, 0.5) is 15.8 Å². The molecule has 25 heavy (non-hydrogen) atoms. The number of sulfonamides is 1. The molecule has 1 amide bonds. The standard InChI is InChI=1S/C17H18ClFN2O3S/c1-3-15(17(22)20-13-8-6-7-12(18)11-13)21(25(2,23)24)16-10-5-4-9-14(16)19/h4-11,15H,3H2,1-2H3,(H,20,22)/t15-/m0/s1. The van der Waals surface area contributed by atoms with Crippen LogP contribution in [0.5, 0.6) is 0 Å². The van der Waals surface area contributed by atoms with Crippen molar-refractivity contribution < 1.29 is 17.6 Å². The highest BCUT2D eigenvalue weighted by molar-refractivity contribution is 7.92. The number of para-hydroxylation sites is 1. The third-order valence-corrected chi connectivity index (χ3v) is 4.91. The summed E-state index contributed by atoms with van der Waals surface area (Å²) < 4.78 is 39.5. The number of anilines is 2. The van der Waals surface area contributed by atoms with E-state index < -0.39 is 27.8 Å². The minimum Gasteiger partial charge on any atom is -0.324 e. The van der Waals surface area contributed by atoms with Crippen LogP contribution in [-0.4, -0.2) is 26.6 Å². The van der Waals surface area contributed by atoms with Crippen LogP contribution in [0.1, 0.15) is 13.3 Å². The van der Waals surface area contributed by atoms with Gasteiger partial charge in [-0.2, -0.15) is 0 Å². The van der Waals surface area contributed by atoms with Gasteiger partial charge in [0.2, 0.25) is 15.9 Å². The Labute approximate surface area is 151 Å². The van der Waals surface area contributed by atoms with E-state index in [0.717, 1.165) is 16.6 Å². The van der Waals surface area contributed by atoms with Crippen LogP contribution in [-0.2, 0) is 14.8 Å². The van der Waals surface area contributed by atoms with Crippen LogP contribution in [0.25, 0.3) is 0 Å². The predicted molar refractivity (Wildman–Crippen MR) is 97.9 cm³/mol. The van der Waals surface area contributed by atoms with Crippen LogP contribution >= 0.6 is 11.6 Å². The zero-order chi connectivity index (χ0) is 18.6. The molecule has 5 nitrogen and oxygen atoms in total. The molecule has 0 aliphatic rings. The van der Waals surface area contributed by atoms with Gasteiger partial charge in [-0.3, -0.25) is 9.10 Å². The van der Waals surface area contributed by atoms with E-state index in [-0.39, 0.29) is 12.1 Å². The fraction of sp³-hybridized carbons (Fsp3) is 0.235. The maximum absolute atomic E-state index is 14.2. The Kier molecular flexibility index (Phi) is 6.02. The number of hydrogen-bond donors (Lipinski definition) is 1. The smallest absolute Gasteiger partial charge is 0.248 e. The third-order valence-electron chi connectivity index (χ3n) is 3.51. The lowest BCUT2D eigenvalue weighted by molar-refractivity contribution is -0.117. The van der Waals surface area contributed by atoms with Gasteiger partial charge >= 0.3 is 0 Å². The monoisotopic (exact) mass is 384 g/mol. The van der Waals surface area contributed by atoms with E-state index in [2.05, 4.69) is 5.32 Å². The molecule has 0 heterocycles. The van der Waals surface area contributed by atoms with E-state index >= 15 is 0 Å². The van der Waals surface area contributed by atoms with Gasteiger partial charge in [-0.25, -0.2) is 12.8 Å². The number of carbonyl (C=O) groups is 1. The largest absolute Gasteiger partial charge is 0.324 e. The topological polar surface area (TPSA) is 66.5 Å². The summed E-state index contributed by atoms with van der Waals surface area (Å²) >= 11 is 5.89. The van der Waals surface area contributed by atoms with Gasteiger partial charge in [0.1, 0.15) is 11.9 Å². The highest BCUT2D eigenvalue weighted by Crippen LogP contribution is 2.26. The van der Waals surface area contributed by atoms with Gasteiger partial charge in [-0.1, -0.05) is 36.7 Å². The normalized spacial score (nSPS) is 12.5. The van der Waals surface area contributed by atoms with E-state index in [9.17, 15) is 17.6 Å². The van der Waals surface area contributed by atoms with Gasteiger partial charge in [-0.15, -0.1) is 0 Å². The van der Waals surface area contributed by atoms with Crippen molar-refractivity contribution in [3.8, 4) is 0 Å². The highest BCUT2D eigenvalue weighted by Gasteiger charge is 2.33. The molecule has 1 atom stereocenters. The van der Waals surface area contributed by atoms with Crippen molar-refractivity contribution >= 4 is 38.9 Å². The second kappa shape index (κ2) is 7.84. The van der Waals surface area contributed by atoms with Gasteiger partial charge < -0.3 is 5.32 Å². The molecule has 0 aliphatic carbocycles. The Morgan fingerprint density at radius 3 is 2.48 bits per heavy atom. The maximum atomic E-state index is 14.2. The Bertz CT molecular complexity index is 874. The molecular weight excluding hydrogens is 367 g/mol. The summed E-state index contributed by atoms with van der Waals surface area (Å²) in [4.78, 5) is 12.6. The van der Waals surface area contributed by atoms with Gasteiger partial charge in [0, 0.05) is 10.7 Å². The van der Waals surface area contributed by atoms with Crippen LogP contribution in [0.3, 0.4) is 0 Å². The molecule has 0 saturated carbocycles. The van der Waals surface area contributed by atoms with E-state index in [4.69, 9.17) is 11.6 Å². The van der Waals surface area contributed by atoms with Crippen molar-refractivity contribution in [2.24, 2.45) is 0 Å². The summed E-state index contributed by atoms with van der Waals surface area (Å²) in [6.07, 6.45) is 1.10. The van der Waals surface area contributed by atoms with Gasteiger partial charge in [0.15, 0.2) is 0 Å². The predicted octanol–water partition coefficient (Wildman–Crippen LogP) is 3.66. The fourth-order valence-corrected chi connectivity index (χ4v) is 3.86. The first-order valence-electron chi connectivity index (χ1n) is 7.54. The fourth-order valence-electron chi connectivity index (χ4n) is 2.46. The molecule has 0 aromatic heterocycles. The van der Waals surface area contributed by atoms with Crippen LogP contribution in [0, 0.1) is 5.82 Å².